The van der Waals surface area contributed by atoms with Crippen LogP contribution in [0.1, 0.15) is 226 Å². The first kappa shape index (κ1) is 57.6. The molecule has 348 valence electrons. The van der Waals surface area contributed by atoms with E-state index < -0.39 is 13.9 Å². The third kappa shape index (κ3) is 47.5. The van der Waals surface area contributed by atoms with E-state index in [1.807, 2.05) is 27.2 Å². The lowest BCUT2D eigenvalue weighted by Crippen LogP contribution is -2.37. The summed E-state index contributed by atoms with van der Waals surface area (Å²) in [4.78, 5) is 22.9. The quantitative estimate of drug-likeness (QED) is 0.0163. The zero-order valence-electron chi connectivity index (χ0n) is 39.5. The standard InChI is InChI=1S/C50H96NO7P/c1-6-8-10-12-14-16-18-20-22-24-26-27-29-31-33-35-37-39-41-43-50(52)58-49(48-57-59(53,54)56-46-44-51(3,4)5)47-55-45-42-40-38-36-34-32-30-28-25-23-21-19-17-15-13-11-9-7-2/h14,16,20,22,42,45,49H,6-13,15,17-19,21,23-41,43-44,46-48H2,1-5H3/p+1/b16-14+,22-20+,45-42+/t49-/m1/s1. The van der Waals surface area contributed by atoms with Crippen molar-refractivity contribution in [3.63, 3.8) is 0 Å². The molecule has 0 aromatic heterocycles. The van der Waals surface area contributed by atoms with Gasteiger partial charge in [-0.25, -0.2) is 4.57 Å². The van der Waals surface area contributed by atoms with Crippen LogP contribution in [0.2, 0.25) is 0 Å². The zero-order valence-corrected chi connectivity index (χ0v) is 40.4. The lowest BCUT2D eigenvalue weighted by molar-refractivity contribution is -0.870. The summed E-state index contributed by atoms with van der Waals surface area (Å²) in [6, 6.07) is 0. The number of carbonyl (C=O) groups excluding carboxylic acids is 1. The number of phosphoric acid groups is 1. The van der Waals surface area contributed by atoms with Gasteiger partial charge in [-0.3, -0.25) is 13.8 Å². The van der Waals surface area contributed by atoms with Crippen LogP contribution in [0.15, 0.2) is 36.6 Å². The first-order chi connectivity index (χ1) is 28.6. The number of nitrogens with zero attached hydrogens (tertiary/aromatic N) is 1. The van der Waals surface area contributed by atoms with Gasteiger partial charge < -0.3 is 18.9 Å². The molecule has 2 atom stereocenters. The summed E-state index contributed by atoms with van der Waals surface area (Å²) in [6.07, 6.45) is 52.8. The maximum Gasteiger partial charge on any atom is 0.472 e. The molecule has 0 heterocycles. The van der Waals surface area contributed by atoms with Crippen LogP contribution in [0.25, 0.3) is 0 Å². The molecule has 0 radical (unpaired) electrons. The summed E-state index contributed by atoms with van der Waals surface area (Å²) in [5.41, 5.74) is 0. The molecule has 1 N–H and O–H groups in total. The second-order valence-corrected chi connectivity index (χ2v) is 19.4. The van der Waals surface area contributed by atoms with Crippen molar-refractivity contribution in [3.05, 3.63) is 36.6 Å². The molecule has 0 aliphatic rings. The topological polar surface area (TPSA) is 91.3 Å². The Bertz CT molecular complexity index is 1040. The third-order valence-corrected chi connectivity index (χ3v) is 11.8. The molecule has 0 fully saturated rings. The van der Waals surface area contributed by atoms with Gasteiger partial charge in [-0.05, 0) is 57.4 Å². The van der Waals surface area contributed by atoms with E-state index in [1.54, 1.807) is 6.26 Å². The summed E-state index contributed by atoms with van der Waals surface area (Å²) in [5, 5.41) is 0. The van der Waals surface area contributed by atoms with Crippen molar-refractivity contribution < 1.29 is 37.3 Å². The van der Waals surface area contributed by atoms with E-state index in [4.69, 9.17) is 18.5 Å². The minimum atomic E-state index is -4.29. The maximum atomic E-state index is 12.7. The Morgan fingerprint density at radius 2 is 0.949 bits per heavy atom. The van der Waals surface area contributed by atoms with Gasteiger partial charge in [0.25, 0.3) is 0 Å². The normalized spacial score (nSPS) is 13.9. The molecule has 1 unspecified atom stereocenters. The average Bonchev–Trinajstić information content (AvgIpc) is 3.19. The predicted octanol–water partition coefficient (Wildman–Crippen LogP) is 15.3. The lowest BCUT2D eigenvalue weighted by Gasteiger charge is -2.24. The van der Waals surface area contributed by atoms with Crippen LogP contribution in [0.5, 0.6) is 0 Å². The number of unbranched alkanes of at least 4 members (excludes halogenated alkanes) is 28. The largest absolute Gasteiger partial charge is 0.498 e. The molecule has 0 amide bonds. The SMILES string of the molecule is CCCCC/C=C/C/C=C/CCCCCCCCCCCC(=O)O[C@H](CO/C=C/CCCCCCCCCCCCCCCCCC)COP(=O)(O)OCC[N+](C)(C)C. The Labute approximate surface area is 365 Å². The van der Waals surface area contributed by atoms with E-state index in [1.165, 1.54) is 167 Å². The second-order valence-electron chi connectivity index (χ2n) is 17.9. The van der Waals surface area contributed by atoms with Gasteiger partial charge in [0.2, 0.25) is 0 Å². The molecule has 0 rings (SSSR count). The van der Waals surface area contributed by atoms with Crippen LogP contribution in [0.4, 0.5) is 0 Å². The van der Waals surface area contributed by atoms with E-state index in [-0.39, 0.29) is 25.8 Å². The summed E-state index contributed by atoms with van der Waals surface area (Å²) >= 11 is 0. The molecule has 0 aromatic rings. The van der Waals surface area contributed by atoms with Crippen molar-refractivity contribution in [2.45, 2.75) is 232 Å². The van der Waals surface area contributed by atoms with Crippen LogP contribution in [0, 0.1) is 0 Å². The molecule has 59 heavy (non-hydrogen) atoms. The Morgan fingerprint density at radius 1 is 0.542 bits per heavy atom. The maximum absolute atomic E-state index is 12.7. The van der Waals surface area contributed by atoms with Gasteiger partial charge in [-0.15, -0.1) is 0 Å². The monoisotopic (exact) mass is 855 g/mol. The molecule has 0 aliphatic heterocycles. The lowest BCUT2D eigenvalue weighted by atomic mass is 10.0. The van der Waals surface area contributed by atoms with Crippen molar-refractivity contribution in [1.82, 2.24) is 0 Å². The van der Waals surface area contributed by atoms with Crippen LogP contribution in [0.3, 0.4) is 0 Å². The molecule has 0 spiro atoms. The van der Waals surface area contributed by atoms with E-state index in [0.29, 0.717) is 17.4 Å². The average molecular weight is 855 g/mol. The number of hydrogen-bond acceptors (Lipinski definition) is 6. The smallest absolute Gasteiger partial charge is 0.472 e. The van der Waals surface area contributed by atoms with Crippen molar-refractivity contribution in [2.24, 2.45) is 0 Å². The highest BCUT2D eigenvalue weighted by Crippen LogP contribution is 2.43. The van der Waals surface area contributed by atoms with Crippen LogP contribution >= 0.6 is 7.82 Å². The van der Waals surface area contributed by atoms with Crippen LogP contribution < -0.4 is 0 Å². The number of ether oxygens (including phenoxy) is 2. The van der Waals surface area contributed by atoms with Gasteiger partial charge in [-0.2, -0.15) is 0 Å². The molecular weight excluding hydrogens is 758 g/mol. The molecule has 9 heteroatoms. The van der Waals surface area contributed by atoms with Gasteiger partial charge in [0, 0.05) is 6.42 Å². The van der Waals surface area contributed by atoms with Crippen molar-refractivity contribution in [1.29, 1.82) is 0 Å². The fourth-order valence-electron chi connectivity index (χ4n) is 6.90. The molecule has 0 saturated carbocycles. The van der Waals surface area contributed by atoms with Crippen LogP contribution in [-0.4, -0.2) is 69.0 Å². The Balaban J connectivity index is 4.20. The van der Waals surface area contributed by atoms with E-state index >= 15 is 0 Å². The van der Waals surface area contributed by atoms with E-state index in [9.17, 15) is 14.3 Å². The number of esters is 1. The number of likely N-dealkylation sites (N-methyl/N-ethyl adjacent to an activating group) is 1. The molecule has 8 nitrogen and oxygen atoms in total. The Kier molecular flexibility index (Phi) is 42.2. The van der Waals surface area contributed by atoms with Crippen molar-refractivity contribution in [2.75, 3.05) is 47.5 Å². The number of rotatable bonds is 46. The summed E-state index contributed by atoms with van der Waals surface area (Å²) in [6.45, 7) is 4.93. The zero-order chi connectivity index (χ0) is 43.4. The molecule has 0 aromatic carbocycles. The molecular formula is C50H97NO7P+. The number of allylic oxidation sites excluding steroid dienone is 5. The third-order valence-electron chi connectivity index (χ3n) is 10.8. The number of hydrogen-bond donors (Lipinski definition) is 1. The minimum Gasteiger partial charge on any atom is -0.498 e. The second kappa shape index (κ2) is 43.2. The Morgan fingerprint density at radius 3 is 1.42 bits per heavy atom. The molecule has 0 saturated heterocycles. The van der Waals surface area contributed by atoms with Gasteiger partial charge >= 0.3 is 13.8 Å². The minimum absolute atomic E-state index is 0.0485. The van der Waals surface area contributed by atoms with Crippen molar-refractivity contribution >= 4 is 13.8 Å². The Hall–Kier alpha value is -1.44. The number of phosphoric ester groups is 1. The highest BCUT2D eigenvalue weighted by Gasteiger charge is 2.26. The molecule has 0 aliphatic carbocycles. The van der Waals surface area contributed by atoms with Gasteiger partial charge in [0.05, 0.1) is 34.0 Å². The fraction of sp³-hybridized carbons (Fsp3) is 0.860. The van der Waals surface area contributed by atoms with Crippen molar-refractivity contribution in [3.8, 4) is 0 Å². The summed E-state index contributed by atoms with van der Waals surface area (Å²) in [5.74, 6) is -0.338. The fourth-order valence-corrected chi connectivity index (χ4v) is 7.64. The van der Waals surface area contributed by atoms with E-state index in [0.717, 1.165) is 38.5 Å². The first-order valence-electron chi connectivity index (χ1n) is 24.8. The van der Waals surface area contributed by atoms with E-state index in [2.05, 4.69) is 38.2 Å². The first-order valence-corrected chi connectivity index (χ1v) is 26.3. The number of quaternary nitrogens is 1. The summed E-state index contributed by atoms with van der Waals surface area (Å²) < 4.78 is 34.9. The summed E-state index contributed by atoms with van der Waals surface area (Å²) in [7, 11) is 1.64. The highest BCUT2D eigenvalue weighted by molar-refractivity contribution is 7.47. The number of carbonyl (C=O) groups is 1. The van der Waals surface area contributed by atoms with Crippen LogP contribution in [-0.2, 0) is 27.9 Å². The van der Waals surface area contributed by atoms with Gasteiger partial charge in [-0.1, -0.05) is 192 Å². The van der Waals surface area contributed by atoms with Gasteiger partial charge in [0.1, 0.15) is 19.8 Å². The predicted molar refractivity (Wildman–Crippen MR) is 252 cm³/mol. The van der Waals surface area contributed by atoms with Gasteiger partial charge in [0.15, 0.2) is 6.10 Å². The molecule has 0 bridgehead atoms. The highest BCUT2D eigenvalue weighted by atomic mass is 31.2.